The van der Waals surface area contributed by atoms with Gasteiger partial charge in [0.05, 0.1) is 0 Å². The fourth-order valence-electron chi connectivity index (χ4n) is 1.96. The minimum Gasteiger partial charge on any atom is -0.480 e. The number of hydrogen-bond acceptors (Lipinski definition) is 2. The van der Waals surface area contributed by atoms with Crippen molar-refractivity contribution < 1.29 is 23.5 Å². The van der Waals surface area contributed by atoms with Crippen molar-refractivity contribution in [3.8, 4) is 0 Å². The maximum Gasteiger partial charge on any atom is 0.319 e. The third kappa shape index (κ3) is 1.83. The lowest BCUT2D eigenvalue weighted by molar-refractivity contribution is -0.154. The molecule has 0 spiro atoms. The van der Waals surface area contributed by atoms with E-state index in [4.69, 9.17) is 5.11 Å². The van der Waals surface area contributed by atoms with Gasteiger partial charge in [-0.1, -0.05) is 0 Å². The SMILES string of the molecule is CC1(C(=O)O)Cc2cc(F)c(F)cc2CNC1=O. The van der Waals surface area contributed by atoms with Crippen LogP contribution in [-0.4, -0.2) is 17.0 Å². The summed E-state index contributed by atoms with van der Waals surface area (Å²) in [6.45, 7) is 1.26. The third-order valence-electron chi connectivity index (χ3n) is 3.20. The van der Waals surface area contributed by atoms with Crippen LogP contribution in [0.3, 0.4) is 0 Å². The molecule has 1 aliphatic rings. The van der Waals surface area contributed by atoms with E-state index >= 15 is 0 Å². The second-order valence-corrected chi connectivity index (χ2v) is 4.53. The molecule has 0 saturated carbocycles. The maximum atomic E-state index is 13.2. The molecule has 0 bridgehead atoms. The fraction of sp³-hybridized carbons (Fsp3) is 0.333. The van der Waals surface area contributed by atoms with Gasteiger partial charge in [-0.25, -0.2) is 8.78 Å². The molecule has 1 amide bonds. The average molecular weight is 255 g/mol. The van der Waals surface area contributed by atoms with Gasteiger partial charge in [0.2, 0.25) is 5.91 Å². The van der Waals surface area contributed by atoms with E-state index in [9.17, 15) is 18.4 Å². The monoisotopic (exact) mass is 255 g/mol. The smallest absolute Gasteiger partial charge is 0.319 e. The molecule has 1 atom stereocenters. The van der Waals surface area contributed by atoms with Crippen LogP contribution in [-0.2, 0) is 22.6 Å². The van der Waals surface area contributed by atoms with E-state index in [0.717, 1.165) is 12.1 Å². The van der Waals surface area contributed by atoms with Crippen molar-refractivity contribution >= 4 is 11.9 Å². The summed E-state index contributed by atoms with van der Waals surface area (Å²) >= 11 is 0. The molecule has 1 aliphatic heterocycles. The largest absolute Gasteiger partial charge is 0.480 e. The number of carboxylic acid groups (broad SMARTS) is 1. The van der Waals surface area contributed by atoms with Gasteiger partial charge < -0.3 is 10.4 Å². The molecular formula is C12H11F2NO3. The highest BCUT2D eigenvalue weighted by Crippen LogP contribution is 2.29. The highest BCUT2D eigenvalue weighted by atomic mass is 19.2. The number of carbonyl (C=O) groups excluding carboxylic acids is 1. The average Bonchev–Trinajstić information content (AvgIpc) is 2.41. The van der Waals surface area contributed by atoms with Gasteiger partial charge in [-0.15, -0.1) is 0 Å². The van der Waals surface area contributed by atoms with Gasteiger partial charge in [-0.2, -0.15) is 0 Å². The van der Waals surface area contributed by atoms with Crippen LogP contribution in [0.2, 0.25) is 0 Å². The van der Waals surface area contributed by atoms with Gasteiger partial charge in [0.1, 0.15) is 5.41 Å². The highest BCUT2D eigenvalue weighted by Gasteiger charge is 2.43. The molecule has 6 heteroatoms. The van der Waals surface area contributed by atoms with Gasteiger partial charge in [-0.3, -0.25) is 9.59 Å². The summed E-state index contributed by atoms with van der Waals surface area (Å²) < 4.78 is 26.2. The van der Waals surface area contributed by atoms with E-state index in [1.165, 1.54) is 6.92 Å². The number of hydrogen-bond donors (Lipinski definition) is 2. The van der Waals surface area contributed by atoms with Gasteiger partial charge in [-0.05, 0) is 36.6 Å². The van der Waals surface area contributed by atoms with Crippen LogP contribution in [0, 0.1) is 17.0 Å². The van der Waals surface area contributed by atoms with Crippen molar-refractivity contribution in [2.75, 3.05) is 0 Å². The zero-order valence-corrected chi connectivity index (χ0v) is 9.59. The first-order chi connectivity index (χ1) is 8.34. The van der Waals surface area contributed by atoms with E-state index in [1.54, 1.807) is 0 Å². The molecule has 4 nitrogen and oxygen atoms in total. The number of aliphatic carboxylic acids is 1. The van der Waals surface area contributed by atoms with Crippen LogP contribution in [0.4, 0.5) is 8.78 Å². The van der Waals surface area contributed by atoms with E-state index in [2.05, 4.69) is 5.32 Å². The lowest BCUT2D eigenvalue weighted by Gasteiger charge is -2.20. The van der Waals surface area contributed by atoms with Crippen LogP contribution < -0.4 is 5.32 Å². The Morgan fingerprint density at radius 1 is 1.33 bits per heavy atom. The van der Waals surface area contributed by atoms with Crippen LogP contribution in [0.1, 0.15) is 18.1 Å². The number of halogens is 2. The molecule has 1 unspecified atom stereocenters. The Morgan fingerprint density at radius 2 is 1.89 bits per heavy atom. The van der Waals surface area contributed by atoms with Crippen LogP contribution in [0.5, 0.6) is 0 Å². The zero-order chi connectivity index (χ0) is 13.5. The molecular weight excluding hydrogens is 244 g/mol. The number of benzene rings is 1. The summed E-state index contributed by atoms with van der Waals surface area (Å²) in [5, 5.41) is 11.5. The molecule has 0 saturated heterocycles. The van der Waals surface area contributed by atoms with Crippen molar-refractivity contribution in [1.29, 1.82) is 0 Å². The molecule has 0 fully saturated rings. The molecule has 1 heterocycles. The van der Waals surface area contributed by atoms with Crippen molar-refractivity contribution in [3.05, 3.63) is 34.9 Å². The second-order valence-electron chi connectivity index (χ2n) is 4.53. The van der Waals surface area contributed by atoms with E-state index in [-0.39, 0.29) is 13.0 Å². The maximum absolute atomic E-state index is 13.2. The summed E-state index contributed by atoms with van der Waals surface area (Å²) in [6.07, 6.45) is -0.166. The molecule has 1 aromatic carbocycles. The number of rotatable bonds is 1. The Bertz CT molecular complexity index is 544. The Labute approximate surface area is 102 Å². The van der Waals surface area contributed by atoms with Gasteiger partial charge >= 0.3 is 5.97 Å². The lowest BCUT2D eigenvalue weighted by Crippen LogP contribution is -2.44. The molecule has 0 aliphatic carbocycles. The second kappa shape index (κ2) is 4.04. The number of carboxylic acids is 1. The molecule has 1 aromatic rings. The van der Waals surface area contributed by atoms with Crippen LogP contribution >= 0.6 is 0 Å². The molecule has 0 radical (unpaired) electrons. The Balaban J connectivity index is 2.52. The number of carbonyl (C=O) groups is 2. The fourth-order valence-corrected chi connectivity index (χ4v) is 1.96. The van der Waals surface area contributed by atoms with Crippen LogP contribution in [0.15, 0.2) is 12.1 Å². The van der Waals surface area contributed by atoms with Crippen molar-refractivity contribution in [1.82, 2.24) is 5.32 Å². The summed E-state index contributed by atoms with van der Waals surface area (Å²) in [7, 11) is 0. The first-order valence-corrected chi connectivity index (χ1v) is 5.33. The Hall–Kier alpha value is -1.98. The van der Waals surface area contributed by atoms with Crippen molar-refractivity contribution in [3.63, 3.8) is 0 Å². The molecule has 2 N–H and O–H groups in total. The third-order valence-corrected chi connectivity index (χ3v) is 3.20. The Kier molecular flexibility index (Phi) is 2.80. The van der Waals surface area contributed by atoms with Gasteiger partial charge in [0, 0.05) is 6.54 Å². The number of nitrogens with one attached hydrogen (secondary N) is 1. The van der Waals surface area contributed by atoms with Crippen molar-refractivity contribution in [2.45, 2.75) is 19.9 Å². The summed E-state index contributed by atoms with van der Waals surface area (Å²) in [6, 6.07) is 1.94. The van der Waals surface area contributed by atoms with Gasteiger partial charge in [0.15, 0.2) is 11.6 Å². The standard InChI is InChI=1S/C12H11F2NO3/c1-12(11(17)18)4-6-2-8(13)9(14)3-7(6)5-15-10(12)16/h2-3H,4-5H2,1H3,(H,15,16)(H,17,18). The summed E-state index contributed by atoms with van der Waals surface area (Å²) in [5.74, 6) is -4.01. The summed E-state index contributed by atoms with van der Waals surface area (Å²) in [5.41, 5.74) is -0.945. The first kappa shape index (κ1) is 12.5. The normalized spacial score (nSPS) is 22.9. The van der Waals surface area contributed by atoms with E-state index in [0.29, 0.717) is 11.1 Å². The van der Waals surface area contributed by atoms with Crippen LogP contribution in [0.25, 0.3) is 0 Å². The zero-order valence-electron chi connectivity index (χ0n) is 9.59. The predicted octanol–water partition coefficient (Wildman–Crippen LogP) is 1.23. The minimum atomic E-state index is -1.67. The number of fused-ring (bicyclic) bond motifs is 1. The van der Waals surface area contributed by atoms with E-state index < -0.39 is 28.9 Å². The van der Waals surface area contributed by atoms with Gasteiger partial charge in [0.25, 0.3) is 0 Å². The molecule has 96 valence electrons. The Morgan fingerprint density at radius 3 is 2.44 bits per heavy atom. The first-order valence-electron chi connectivity index (χ1n) is 5.33. The minimum absolute atomic E-state index is 0.00572. The highest BCUT2D eigenvalue weighted by molar-refractivity contribution is 6.02. The topological polar surface area (TPSA) is 66.4 Å². The predicted molar refractivity (Wildman–Crippen MR) is 57.7 cm³/mol. The number of amides is 1. The molecule has 0 aromatic heterocycles. The summed E-state index contributed by atoms with van der Waals surface area (Å²) in [4.78, 5) is 22.9. The van der Waals surface area contributed by atoms with E-state index in [1.807, 2.05) is 0 Å². The quantitative estimate of drug-likeness (QED) is 0.742. The molecule has 2 rings (SSSR count). The lowest BCUT2D eigenvalue weighted by atomic mass is 9.82. The van der Waals surface area contributed by atoms with Crippen molar-refractivity contribution in [2.24, 2.45) is 5.41 Å². The molecule has 18 heavy (non-hydrogen) atoms.